The fourth-order valence-electron chi connectivity index (χ4n) is 1.97. The smallest absolute Gasteiger partial charge is 0.227 e. The molecule has 1 aliphatic rings. The Morgan fingerprint density at radius 2 is 2.26 bits per heavy atom. The lowest BCUT2D eigenvalue weighted by molar-refractivity contribution is -0.117. The van der Waals surface area contributed by atoms with Crippen molar-refractivity contribution in [1.29, 1.82) is 0 Å². The van der Waals surface area contributed by atoms with Crippen molar-refractivity contribution >= 4 is 11.6 Å². The molecule has 0 heterocycles. The zero-order valence-corrected chi connectivity index (χ0v) is 11.4. The molecular weight excluding hydrogens is 238 g/mol. The average Bonchev–Trinajstić information content (AvgIpc) is 3.11. The average molecular weight is 257 g/mol. The van der Waals surface area contributed by atoms with E-state index in [-0.39, 0.29) is 18.4 Å². The molecule has 0 bridgehead atoms. The van der Waals surface area contributed by atoms with Gasteiger partial charge in [-0.15, -0.1) is 0 Å². The fraction of sp³-hybridized carbons (Fsp3) is 0.438. The van der Waals surface area contributed by atoms with Crippen molar-refractivity contribution in [2.45, 2.75) is 26.7 Å². The predicted molar refractivity (Wildman–Crippen MR) is 75.7 cm³/mol. The SMILES string of the molecule is Cc1ccc(C#CCCO)cc1NC(=O)C1CC1C. The Kier molecular flexibility index (Phi) is 4.24. The molecule has 2 N–H and O–H groups in total. The highest BCUT2D eigenvalue weighted by atomic mass is 16.2. The summed E-state index contributed by atoms with van der Waals surface area (Å²) in [6.45, 7) is 4.13. The van der Waals surface area contributed by atoms with Crippen LogP contribution in [0.2, 0.25) is 0 Å². The number of aliphatic hydroxyl groups is 1. The summed E-state index contributed by atoms with van der Waals surface area (Å²) in [5, 5.41) is 11.7. The van der Waals surface area contributed by atoms with E-state index in [0.29, 0.717) is 12.3 Å². The van der Waals surface area contributed by atoms with Crippen molar-refractivity contribution < 1.29 is 9.90 Å². The molecule has 3 heteroatoms. The molecule has 1 aliphatic carbocycles. The number of aryl methyl sites for hydroxylation is 1. The van der Waals surface area contributed by atoms with Gasteiger partial charge in [0.1, 0.15) is 0 Å². The van der Waals surface area contributed by atoms with Crippen LogP contribution in [-0.4, -0.2) is 17.6 Å². The molecule has 0 saturated heterocycles. The van der Waals surface area contributed by atoms with Crippen molar-refractivity contribution in [2.24, 2.45) is 11.8 Å². The highest BCUT2D eigenvalue weighted by molar-refractivity contribution is 5.95. The van der Waals surface area contributed by atoms with E-state index in [0.717, 1.165) is 23.2 Å². The molecule has 1 saturated carbocycles. The topological polar surface area (TPSA) is 49.3 Å². The zero-order chi connectivity index (χ0) is 13.8. The third-order valence-electron chi connectivity index (χ3n) is 3.41. The van der Waals surface area contributed by atoms with E-state index < -0.39 is 0 Å². The first-order valence-corrected chi connectivity index (χ1v) is 6.63. The first kappa shape index (κ1) is 13.6. The minimum absolute atomic E-state index is 0.0715. The van der Waals surface area contributed by atoms with Crippen LogP contribution in [0.3, 0.4) is 0 Å². The number of aliphatic hydroxyl groups excluding tert-OH is 1. The Labute approximate surface area is 114 Å². The second kappa shape index (κ2) is 5.90. The van der Waals surface area contributed by atoms with Crippen molar-refractivity contribution in [3.8, 4) is 11.8 Å². The third-order valence-corrected chi connectivity index (χ3v) is 3.41. The van der Waals surface area contributed by atoms with Crippen LogP contribution in [0, 0.1) is 30.6 Å². The van der Waals surface area contributed by atoms with E-state index >= 15 is 0 Å². The van der Waals surface area contributed by atoms with Gasteiger partial charge in [-0.3, -0.25) is 4.79 Å². The number of benzene rings is 1. The van der Waals surface area contributed by atoms with Crippen LogP contribution in [0.4, 0.5) is 5.69 Å². The monoisotopic (exact) mass is 257 g/mol. The highest BCUT2D eigenvalue weighted by Gasteiger charge is 2.39. The molecule has 2 rings (SSSR count). The van der Waals surface area contributed by atoms with Crippen LogP contribution in [0.15, 0.2) is 18.2 Å². The fourth-order valence-corrected chi connectivity index (χ4v) is 1.97. The molecule has 0 radical (unpaired) electrons. The number of nitrogens with one attached hydrogen (secondary N) is 1. The van der Waals surface area contributed by atoms with Crippen molar-refractivity contribution in [3.63, 3.8) is 0 Å². The van der Waals surface area contributed by atoms with Crippen molar-refractivity contribution in [2.75, 3.05) is 11.9 Å². The summed E-state index contributed by atoms with van der Waals surface area (Å²) in [4.78, 5) is 11.9. The van der Waals surface area contributed by atoms with Crippen LogP contribution < -0.4 is 5.32 Å². The summed E-state index contributed by atoms with van der Waals surface area (Å²) in [6, 6.07) is 5.77. The molecule has 100 valence electrons. The van der Waals surface area contributed by atoms with Crippen LogP contribution in [0.25, 0.3) is 0 Å². The number of hydrogen-bond acceptors (Lipinski definition) is 2. The van der Waals surface area contributed by atoms with Crippen LogP contribution in [-0.2, 0) is 4.79 Å². The van der Waals surface area contributed by atoms with Gasteiger partial charge in [-0.1, -0.05) is 24.8 Å². The van der Waals surface area contributed by atoms with Gasteiger partial charge in [-0.2, -0.15) is 0 Å². The maximum Gasteiger partial charge on any atom is 0.227 e. The third kappa shape index (κ3) is 3.59. The second-order valence-electron chi connectivity index (χ2n) is 5.11. The van der Waals surface area contributed by atoms with Gasteiger partial charge in [0, 0.05) is 23.6 Å². The molecule has 1 aromatic rings. The molecule has 0 aromatic heterocycles. The largest absolute Gasteiger partial charge is 0.395 e. The number of carbonyl (C=O) groups excluding carboxylic acids is 1. The molecule has 1 fully saturated rings. The number of hydrogen-bond donors (Lipinski definition) is 2. The number of rotatable bonds is 3. The first-order chi connectivity index (χ1) is 9.11. The Balaban J connectivity index is 2.09. The van der Waals surface area contributed by atoms with Crippen LogP contribution in [0.5, 0.6) is 0 Å². The van der Waals surface area contributed by atoms with E-state index in [1.165, 1.54) is 0 Å². The summed E-state index contributed by atoms with van der Waals surface area (Å²) >= 11 is 0. The van der Waals surface area contributed by atoms with Crippen molar-refractivity contribution in [3.05, 3.63) is 29.3 Å². The quantitative estimate of drug-likeness (QED) is 0.816. The van der Waals surface area contributed by atoms with E-state index in [1.807, 2.05) is 25.1 Å². The molecule has 0 spiro atoms. The summed E-state index contributed by atoms with van der Waals surface area (Å²) in [5.41, 5.74) is 2.73. The van der Waals surface area contributed by atoms with Crippen LogP contribution >= 0.6 is 0 Å². The van der Waals surface area contributed by atoms with Gasteiger partial charge in [0.05, 0.1) is 6.61 Å². The minimum Gasteiger partial charge on any atom is -0.395 e. The van der Waals surface area contributed by atoms with E-state index in [1.54, 1.807) is 0 Å². The van der Waals surface area contributed by atoms with Crippen LogP contribution in [0.1, 0.15) is 30.9 Å². The Bertz CT molecular complexity index is 539. The summed E-state index contributed by atoms with van der Waals surface area (Å²) in [5.74, 6) is 6.64. The van der Waals surface area contributed by atoms with Gasteiger partial charge in [0.25, 0.3) is 0 Å². The lowest BCUT2D eigenvalue weighted by Gasteiger charge is -2.08. The molecule has 3 nitrogen and oxygen atoms in total. The minimum atomic E-state index is 0.0715. The number of amides is 1. The highest BCUT2D eigenvalue weighted by Crippen LogP contribution is 2.38. The van der Waals surface area contributed by atoms with Gasteiger partial charge in [0.15, 0.2) is 0 Å². The summed E-state index contributed by atoms with van der Waals surface area (Å²) in [7, 11) is 0. The van der Waals surface area contributed by atoms with Gasteiger partial charge in [-0.25, -0.2) is 0 Å². The Morgan fingerprint density at radius 3 is 2.89 bits per heavy atom. The molecular formula is C16H19NO2. The first-order valence-electron chi connectivity index (χ1n) is 6.63. The lowest BCUT2D eigenvalue weighted by Crippen LogP contribution is -2.15. The molecule has 1 amide bonds. The molecule has 19 heavy (non-hydrogen) atoms. The molecule has 2 atom stereocenters. The molecule has 0 aliphatic heterocycles. The molecule has 1 aromatic carbocycles. The lowest BCUT2D eigenvalue weighted by atomic mass is 10.1. The van der Waals surface area contributed by atoms with Crippen molar-refractivity contribution in [1.82, 2.24) is 0 Å². The van der Waals surface area contributed by atoms with Gasteiger partial charge in [-0.05, 0) is 37.0 Å². The maximum atomic E-state index is 11.9. The van der Waals surface area contributed by atoms with Gasteiger partial charge >= 0.3 is 0 Å². The van der Waals surface area contributed by atoms with E-state index in [9.17, 15) is 4.79 Å². The van der Waals surface area contributed by atoms with E-state index in [2.05, 4.69) is 24.1 Å². The van der Waals surface area contributed by atoms with Gasteiger partial charge in [0.2, 0.25) is 5.91 Å². The zero-order valence-electron chi connectivity index (χ0n) is 11.4. The summed E-state index contributed by atoms with van der Waals surface area (Å²) in [6.07, 6.45) is 1.45. The Hall–Kier alpha value is -1.79. The predicted octanol–water partition coefficient (Wildman–Crippen LogP) is 2.32. The number of anilines is 1. The number of carbonyl (C=O) groups is 1. The summed E-state index contributed by atoms with van der Waals surface area (Å²) < 4.78 is 0. The van der Waals surface area contributed by atoms with Gasteiger partial charge < -0.3 is 10.4 Å². The van der Waals surface area contributed by atoms with E-state index in [4.69, 9.17) is 5.11 Å². The molecule has 2 unspecified atom stereocenters. The normalized spacial score (nSPS) is 20.4. The maximum absolute atomic E-state index is 11.9. The Morgan fingerprint density at radius 1 is 1.53 bits per heavy atom. The second-order valence-corrected chi connectivity index (χ2v) is 5.11. The standard InChI is InChI=1S/C16H19NO2/c1-11-6-7-13(5-3-4-8-18)10-15(11)17-16(19)14-9-12(14)2/h6-7,10,12,14,18H,4,8-9H2,1-2H3,(H,17,19).